The summed E-state index contributed by atoms with van der Waals surface area (Å²) >= 11 is 0. The second kappa shape index (κ2) is 6.34. The van der Waals surface area contributed by atoms with Crippen LogP contribution in [0.5, 0.6) is 0 Å². The molecule has 0 amide bonds. The third-order valence-corrected chi connectivity index (χ3v) is 6.34. The largest absolute Gasteiger partial charge is 0.399 e. The van der Waals surface area contributed by atoms with Crippen molar-refractivity contribution in [1.29, 1.82) is 0 Å². The van der Waals surface area contributed by atoms with Gasteiger partial charge in [0.2, 0.25) is 10.0 Å². The van der Waals surface area contributed by atoms with Gasteiger partial charge in [0.1, 0.15) is 0 Å². The maximum Gasteiger partial charge on any atom is 0.243 e. The Morgan fingerprint density at radius 3 is 2.48 bits per heavy atom. The lowest BCUT2D eigenvalue weighted by Gasteiger charge is -2.35. The summed E-state index contributed by atoms with van der Waals surface area (Å²) in [6, 6.07) is 4.99. The molecule has 6 heteroatoms. The summed E-state index contributed by atoms with van der Waals surface area (Å²) in [5.41, 5.74) is 7.18. The molecule has 0 unspecified atom stereocenters. The van der Waals surface area contributed by atoms with Gasteiger partial charge in [0.25, 0.3) is 0 Å². The quantitative estimate of drug-likeness (QED) is 0.859. The fourth-order valence-corrected chi connectivity index (χ4v) is 4.27. The van der Waals surface area contributed by atoms with Crippen LogP contribution in [-0.2, 0) is 10.0 Å². The number of aryl methyl sites for hydroxylation is 1. The van der Waals surface area contributed by atoms with E-state index >= 15 is 0 Å². The molecule has 1 aromatic rings. The maximum absolute atomic E-state index is 12.7. The molecule has 0 aliphatic carbocycles. The predicted molar refractivity (Wildman–Crippen MR) is 85.7 cm³/mol. The van der Waals surface area contributed by atoms with E-state index in [1.165, 1.54) is 4.31 Å². The number of piperidine rings is 1. The lowest BCUT2D eigenvalue weighted by molar-refractivity contribution is 0.176. The highest BCUT2D eigenvalue weighted by Crippen LogP contribution is 2.24. The van der Waals surface area contributed by atoms with Crippen LogP contribution in [0.4, 0.5) is 5.69 Å². The first-order chi connectivity index (χ1) is 9.86. The molecule has 1 aromatic carbocycles. The van der Waals surface area contributed by atoms with Gasteiger partial charge in [-0.3, -0.25) is 0 Å². The van der Waals surface area contributed by atoms with Crippen LogP contribution in [-0.4, -0.2) is 50.3 Å². The van der Waals surface area contributed by atoms with Gasteiger partial charge in [-0.15, -0.1) is 0 Å². The van der Waals surface area contributed by atoms with E-state index in [1.54, 1.807) is 25.2 Å². The van der Waals surface area contributed by atoms with Crippen molar-refractivity contribution < 1.29 is 8.42 Å². The van der Waals surface area contributed by atoms with Crippen molar-refractivity contribution in [3.05, 3.63) is 23.8 Å². The van der Waals surface area contributed by atoms with Crippen LogP contribution >= 0.6 is 0 Å². The first-order valence-electron chi connectivity index (χ1n) is 7.42. The standard InChI is InChI=1S/C15H25N3O2S/c1-4-18-9-7-13(8-10-18)17(3)21(19,20)14-5-6-15(16)12(2)11-14/h5-6,11,13H,4,7-10,16H2,1-3H3. The fraction of sp³-hybridized carbons (Fsp3) is 0.600. The Morgan fingerprint density at radius 2 is 1.95 bits per heavy atom. The van der Waals surface area contributed by atoms with E-state index in [-0.39, 0.29) is 6.04 Å². The molecule has 2 N–H and O–H groups in total. The van der Waals surface area contributed by atoms with Gasteiger partial charge in [-0.05, 0) is 63.2 Å². The maximum atomic E-state index is 12.7. The number of nitrogen functional groups attached to an aromatic ring is 1. The van der Waals surface area contributed by atoms with Crippen molar-refractivity contribution in [2.45, 2.75) is 37.6 Å². The molecule has 1 fully saturated rings. The molecule has 118 valence electrons. The number of nitrogens with two attached hydrogens (primary N) is 1. The van der Waals surface area contributed by atoms with Gasteiger partial charge in [-0.25, -0.2) is 8.42 Å². The molecule has 0 atom stereocenters. The normalized spacial score (nSPS) is 18.3. The van der Waals surface area contributed by atoms with Crippen LogP contribution in [0.25, 0.3) is 0 Å². The van der Waals surface area contributed by atoms with E-state index in [2.05, 4.69) is 11.8 Å². The molecule has 2 rings (SSSR count). The molecule has 0 saturated carbocycles. The zero-order valence-electron chi connectivity index (χ0n) is 13.0. The van der Waals surface area contributed by atoms with Crippen molar-refractivity contribution in [3.8, 4) is 0 Å². The lowest BCUT2D eigenvalue weighted by Crippen LogP contribution is -2.45. The van der Waals surface area contributed by atoms with Crippen LogP contribution in [0, 0.1) is 6.92 Å². The van der Waals surface area contributed by atoms with Gasteiger partial charge in [0, 0.05) is 18.8 Å². The fourth-order valence-electron chi connectivity index (χ4n) is 2.77. The van der Waals surface area contributed by atoms with E-state index in [0.717, 1.165) is 38.0 Å². The molecular weight excluding hydrogens is 286 g/mol. The summed E-state index contributed by atoms with van der Waals surface area (Å²) in [5.74, 6) is 0. The van der Waals surface area contributed by atoms with E-state index in [0.29, 0.717) is 10.6 Å². The molecular formula is C15H25N3O2S. The molecule has 1 saturated heterocycles. The Morgan fingerprint density at radius 1 is 1.33 bits per heavy atom. The minimum atomic E-state index is -3.44. The van der Waals surface area contributed by atoms with E-state index in [9.17, 15) is 8.42 Å². The molecule has 1 aliphatic rings. The molecule has 0 aromatic heterocycles. The van der Waals surface area contributed by atoms with Crippen molar-refractivity contribution in [1.82, 2.24) is 9.21 Å². The molecule has 0 radical (unpaired) electrons. The van der Waals surface area contributed by atoms with Gasteiger partial charge in [-0.1, -0.05) is 6.92 Å². The van der Waals surface area contributed by atoms with Crippen LogP contribution < -0.4 is 5.73 Å². The summed E-state index contributed by atoms with van der Waals surface area (Å²) < 4.78 is 27.0. The highest BCUT2D eigenvalue weighted by atomic mass is 32.2. The Kier molecular flexibility index (Phi) is 4.91. The average molecular weight is 311 g/mol. The zero-order chi connectivity index (χ0) is 15.6. The minimum absolute atomic E-state index is 0.0793. The molecule has 1 heterocycles. The van der Waals surface area contributed by atoms with Crippen LogP contribution in [0.2, 0.25) is 0 Å². The molecule has 0 bridgehead atoms. The molecule has 1 aliphatic heterocycles. The first kappa shape index (κ1) is 16.3. The van der Waals surface area contributed by atoms with Crippen molar-refractivity contribution in [3.63, 3.8) is 0 Å². The van der Waals surface area contributed by atoms with Gasteiger partial charge < -0.3 is 10.6 Å². The Balaban J connectivity index is 2.17. The smallest absolute Gasteiger partial charge is 0.243 e. The monoisotopic (exact) mass is 311 g/mol. The third kappa shape index (κ3) is 3.39. The third-order valence-electron chi connectivity index (χ3n) is 4.44. The highest BCUT2D eigenvalue weighted by Gasteiger charge is 2.30. The second-order valence-electron chi connectivity index (χ2n) is 5.71. The van der Waals surface area contributed by atoms with Gasteiger partial charge in [-0.2, -0.15) is 4.31 Å². The molecule has 0 spiro atoms. The second-order valence-corrected chi connectivity index (χ2v) is 7.70. The van der Waals surface area contributed by atoms with Crippen molar-refractivity contribution in [2.24, 2.45) is 0 Å². The summed E-state index contributed by atoms with van der Waals surface area (Å²) in [5, 5.41) is 0. The number of nitrogens with zero attached hydrogens (tertiary/aromatic N) is 2. The van der Waals surface area contributed by atoms with Crippen LogP contribution in [0.3, 0.4) is 0 Å². The van der Waals surface area contributed by atoms with Crippen LogP contribution in [0.1, 0.15) is 25.3 Å². The number of sulfonamides is 1. The number of anilines is 1. The topological polar surface area (TPSA) is 66.6 Å². The Bertz CT molecular complexity index is 593. The first-order valence-corrected chi connectivity index (χ1v) is 8.86. The Labute approximate surface area is 127 Å². The lowest BCUT2D eigenvalue weighted by atomic mass is 10.1. The number of hydrogen-bond donors (Lipinski definition) is 1. The summed E-state index contributed by atoms with van der Waals surface area (Å²) in [6.07, 6.45) is 1.77. The Hall–Kier alpha value is -1.11. The van der Waals surface area contributed by atoms with Crippen molar-refractivity contribution in [2.75, 3.05) is 32.4 Å². The van der Waals surface area contributed by atoms with E-state index in [4.69, 9.17) is 5.73 Å². The number of rotatable bonds is 4. The minimum Gasteiger partial charge on any atom is -0.399 e. The molecule has 5 nitrogen and oxygen atoms in total. The van der Waals surface area contributed by atoms with Crippen LogP contribution in [0.15, 0.2) is 23.1 Å². The van der Waals surface area contributed by atoms with E-state index < -0.39 is 10.0 Å². The summed E-state index contributed by atoms with van der Waals surface area (Å²) in [4.78, 5) is 2.68. The SMILES string of the molecule is CCN1CCC(N(C)S(=O)(=O)c2ccc(N)c(C)c2)CC1. The van der Waals surface area contributed by atoms with Crippen molar-refractivity contribution >= 4 is 15.7 Å². The number of hydrogen-bond acceptors (Lipinski definition) is 4. The van der Waals surface area contributed by atoms with E-state index in [1.807, 2.05) is 6.92 Å². The van der Waals surface area contributed by atoms with Gasteiger partial charge >= 0.3 is 0 Å². The average Bonchev–Trinajstić information content (AvgIpc) is 2.49. The predicted octanol–water partition coefficient (Wildman–Crippen LogP) is 1.68. The van der Waals surface area contributed by atoms with Gasteiger partial charge in [0.15, 0.2) is 0 Å². The summed E-state index contributed by atoms with van der Waals surface area (Å²) in [6.45, 7) is 6.91. The number of likely N-dealkylation sites (tertiary alicyclic amines) is 1. The van der Waals surface area contributed by atoms with Gasteiger partial charge in [0.05, 0.1) is 4.90 Å². The number of benzene rings is 1. The zero-order valence-corrected chi connectivity index (χ0v) is 13.9. The summed E-state index contributed by atoms with van der Waals surface area (Å²) in [7, 11) is -1.76. The highest BCUT2D eigenvalue weighted by molar-refractivity contribution is 7.89. The molecule has 21 heavy (non-hydrogen) atoms.